The van der Waals surface area contributed by atoms with Gasteiger partial charge in [0.1, 0.15) is 11.9 Å². The molecule has 2 heterocycles. The molecule has 1 aromatic heterocycles. The molecule has 2 N–H and O–H groups in total. The molecule has 168 valence electrons. The number of fused-ring (bicyclic) bond motifs is 1. The summed E-state index contributed by atoms with van der Waals surface area (Å²) in [7, 11) is 1.32. The van der Waals surface area contributed by atoms with Crippen LogP contribution in [0.4, 0.5) is 9.18 Å². The minimum Gasteiger partial charge on any atom is -0.467 e. The van der Waals surface area contributed by atoms with Crippen molar-refractivity contribution in [2.75, 3.05) is 20.2 Å². The lowest BCUT2D eigenvalue weighted by molar-refractivity contribution is -0.143. The monoisotopic (exact) mass is 437 g/mol. The molecule has 1 aliphatic heterocycles. The highest BCUT2D eigenvalue weighted by Crippen LogP contribution is 2.31. The second-order valence-corrected chi connectivity index (χ2v) is 8.31. The third kappa shape index (κ3) is 4.33. The molecule has 2 aromatic carbocycles. The summed E-state index contributed by atoms with van der Waals surface area (Å²) in [5, 5.41) is 3.89. The van der Waals surface area contributed by atoms with Crippen molar-refractivity contribution in [2.24, 2.45) is 0 Å². The number of hydrogen-bond donors (Lipinski definition) is 2. The summed E-state index contributed by atoms with van der Waals surface area (Å²) < 4.78 is 19.1. The maximum Gasteiger partial charge on any atom is 0.329 e. The third-order valence-electron chi connectivity index (χ3n) is 6.47. The van der Waals surface area contributed by atoms with Crippen molar-refractivity contribution in [3.63, 3.8) is 0 Å². The number of aromatic amines is 1. The van der Waals surface area contributed by atoms with Crippen LogP contribution in [0.5, 0.6) is 0 Å². The van der Waals surface area contributed by atoms with E-state index < -0.39 is 12.0 Å². The maximum absolute atomic E-state index is 14.1. The van der Waals surface area contributed by atoms with Crippen molar-refractivity contribution in [3.8, 4) is 0 Å². The number of hydrogen-bond acceptors (Lipinski definition) is 3. The van der Waals surface area contributed by atoms with E-state index in [0.29, 0.717) is 31.5 Å². The minimum atomic E-state index is -0.823. The third-order valence-corrected chi connectivity index (χ3v) is 6.47. The fourth-order valence-electron chi connectivity index (χ4n) is 4.59. The van der Waals surface area contributed by atoms with Crippen molar-refractivity contribution in [1.29, 1.82) is 0 Å². The maximum atomic E-state index is 14.1. The van der Waals surface area contributed by atoms with Crippen molar-refractivity contribution in [3.05, 3.63) is 71.7 Å². The summed E-state index contributed by atoms with van der Waals surface area (Å²) in [6, 6.07) is 13.5. The molecule has 2 amide bonds. The average molecular weight is 438 g/mol. The van der Waals surface area contributed by atoms with Gasteiger partial charge in [-0.2, -0.15) is 0 Å². The molecule has 0 saturated carbocycles. The van der Waals surface area contributed by atoms with E-state index in [1.165, 1.54) is 13.2 Å². The van der Waals surface area contributed by atoms with Crippen LogP contribution in [0, 0.1) is 5.82 Å². The summed E-state index contributed by atoms with van der Waals surface area (Å²) >= 11 is 0. The Labute approximate surface area is 186 Å². The Balaban J connectivity index is 1.45. The zero-order chi connectivity index (χ0) is 22.7. The largest absolute Gasteiger partial charge is 0.467 e. The second kappa shape index (κ2) is 9.42. The van der Waals surface area contributed by atoms with Gasteiger partial charge in [-0.3, -0.25) is 0 Å². The predicted octanol–water partition coefficient (Wildman–Crippen LogP) is 4.54. The molecule has 1 aliphatic rings. The molecule has 0 unspecified atom stereocenters. The van der Waals surface area contributed by atoms with E-state index in [0.717, 1.165) is 16.5 Å². The number of carbonyl (C=O) groups excluding carboxylic acids is 2. The second-order valence-electron chi connectivity index (χ2n) is 8.31. The Morgan fingerprint density at radius 2 is 1.81 bits per heavy atom. The smallest absolute Gasteiger partial charge is 0.329 e. The molecule has 3 aromatic rings. The number of halogens is 1. The number of nitrogens with one attached hydrogen (secondary N) is 2. The Hall–Kier alpha value is -3.35. The topological polar surface area (TPSA) is 74.4 Å². The zero-order valence-corrected chi connectivity index (χ0v) is 18.3. The highest BCUT2D eigenvalue weighted by molar-refractivity contribution is 5.88. The number of carbonyl (C=O) groups is 2. The molecule has 32 heavy (non-hydrogen) atoms. The van der Waals surface area contributed by atoms with Gasteiger partial charge in [0.05, 0.1) is 7.11 Å². The van der Waals surface area contributed by atoms with Gasteiger partial charge in [0.15, 0.2) is 0 Å². The van der Waals surface area contributed by atoms with E-state index in [4.69, 9.17) is 4.74 Å². The number of nitrogens with zero attached hydrogens (tertiary/aromatic N) is 1. The number of methoxy groups -OCH3 is 1. The van der Waals surface area contributed by atoms with Gasteiger partial charge in [0.2, 0.25) is 0 Å². The summed E-state index contributed by atoms with van der Waals surface area (Å²) in [4.78, 5) is 30.5. The number of H-pyrrole nitrogens is 1. The number of benzene rings is 2. The average Bonchev–Trinajstić information content (AvgIpc) is 3.26. The van der Waals surface area contributed by atoms with Crippen LogP contribution in [0.3, 0.4) is 0 Å². The predicted molar refractivity (Wildman–Crippen MR) is 121 cm³/mol. The molecular weight excluding hydrogens is 409 g/mol. The van der Waals surface area contributed by atoms with E-state index >= 15 is 0 Å². The van der Waals surface area contributed by atoms with Gasteiger partial charge in [-0.1, -0.05) is 43.3 Å². The molecule has 4 rings (SSSR count). The van der Waals surface area contributed by atoms with Gasteiger partial charge >= 0.3 is 12.0 Å². The summed E-state index contributed by atoms with van der Waals surface area (Å²) in [5.74, 6) is -0.897. The first kappa shape index (κ1) is 21.9. The molecule has 0 radical (unpaired) electrons. The quantitative estimate of drug-likeness (QED) is 0.576. The van der Waals surface area contributed by atoms with Crippen LogP contribution in [0.1, 0.15) is 42.7 Å². The van der Waals surface area contributed by atoms with Crippen molar-refractivity contribution in [1.82, 2.24) is 15.2 Å². The van der Waals surface area contributed by atoms with Gasteiger partial charge < -0.3 is 19.9 Å². The van der Waals surface area contributed by atoms with E-state index in [9.17, 15) is 14.0 Å². The number of urea groups is 1. The lowest BCUT2D eigenvalue weighted by Gasteiger charge is -2.34. The van der Waals surface area contributed by atoms with Gasteiger partial charge in [0, 0.05) is 36.1 Å². The Bertz CT molecular complexity index is 1100. The molecule has 2 atom stereocenters. The number of rotatable bonds is 5. The first-order valence-electron chi connectivity index (χ1n) is 10.9. The number of amides is 2. The fraction of sp³-hybridized carbons (Fsp3) is 0.360. The van der Waals surface area contributed by atoms with E-state index in [2.05, 4.69) is 10.3 Å². The lowest BCUT2D eigenvalue weighted by Crippen LogP contribution is -2.52. The Morgan fingerprint density at radius 3 is 2.53 bits per heavy atom. The molecule has 0 bridgehead atoms. The van der Waals surface area contributed by atoms with Crippen LogP contribution in [-0.2, 0) is 9.53 Å². The summed E-state index contributed by atoms with van der Waals surface area (Å²) in [5.41, 5.74) is 2.61. The number of para-hydroxylation sites is 1. The number of aromatic nitrogens is 1. The normalized spacial score (nSPS) is 16.5. The molecule has 0 aliphatic carbocycles. The van der Waals surface area contributed by atoms with Crippen LogP contribution in [0.15, 0.2) is 54.7 Å². The van der Waals surface area contributed by atoms with Crippen LogP contribution in [-0.4, -0.2) is 48.1 Å². The Morgan fingerprint density at radius 1 is 1.12 bits per heavy atom. The zero-order valence-electron chi connectivity index (χ0n) is 18.3. The van der Waals surface area contributed by atoms with E-state index in [-0.39, 0.29) is 23.7 Å². The highest BCUT2D eigenvalue weighted by atomic mass is 19.1. The molecular formula is C25H28FN3O3. The minimum absolute atomic E-state index is 0.0850. The van der Waals surface area contributed by atoms with Gasteiger partial charge in [-0.05, 0) is 42.0 Å². The Kier molecular flexibility index (Phi) is 6.44. The molecule has 1 saturated heterocycles. The highest BCUT2D eigenvalue weighted by Gasteiger charge is 2.33. The number of esters is 1. The van der Waals surface area contributed by atoms with Crippen molar-refractivity contribution in [2.45, 2.75) is 37.6 Å². The molecule has 1 fully saturated rings. The number of ether oxygens (including phenoxy) is 1. The molecule has 0 spiro atoms. The van der Waals surface area contributed by atoms with Crippen LogP contribution >= 0.6 is 0 Å². The standard InChI is InChI=1S/C25H28FN3O3/c1-16(20-15-27-22-10-6-4-8-19(20)22)23(24(30)32-2)28-25(31)29-13-11-17(12-14-29)18-7-3-5-9-21(18)26/h3-10,15-17,23,27H,11-14H2,1-2H3,(H,28,31)/t16-,23+/m0/s1. The molecule has 6 nitrogen and oxygen atoms in total. The van der Waals surface area contributed by atoms with Crippen LogP contribution in [0.25, 0.3) is 10.9 Å². The summed E-state index contributed by atoms with van der Waals surface area (Å²) in [6.45, 7) is 2.91. The van der Waals surface area contributed by atoms with Crippen molar-refractivity contribution < 1.29 is 18.7 Å². The number of likely N-dealkylation sites (tertiary alicyclic amines) is 1. The van der Waals surface area contributed by atoms with Crippen molar-refractivity contribution >= 4 is 22.9 Å². The van der Waals surface area contributed by atoms with Gasteiger partial charge in [-0.25, -0.2) is 14.0 Å². The fourth-order valence-corrected chi connectivity index (χ4v) is 4.59. The SMILES string of the molecule is COC(=O)[C@H](NC(=O)N1CCC(c2ccccc2F)CC1)[C@@H](C)c1c[nH]c2ccccc12. The van der Waals surface area contributed by atoms with Gasteiger partial charge in [0.25, 0.3) is 0 Å². The number of piperidine rings is 1. The van der Waals surface area contributed by atoms with E-state index in [1.807, 2.05) is 49.5 Å². The van der Waals surface area contributed by atoms with Crippen LogP contribution < -0.4 is 5.32 Å². The summed E-state index contributed by atoms with van der Waals surface area (Å²) in [6.07, 6.45) is 3.22. The first-order valence-corrected chi connectivity index (χ1v) is 10.9. The molecule has 7 heteroatoms. The lowest BCUT2D eigenvalue weighted by atomic mass is 9.89. The van der Waals surface area contributed by atoms with Crippen LogP contribution in [0.2, 0.25) is 0 Å². The van der Waals surface area contributed by atoms with Gasteiger partial charge in [-0.15, -0.1) is 0 Å². The first-order chi connectivity index (χ1) is 15.5. The van der Waals surface area contributed by atoms with E-state index in [1.54, 1.807) is 11.0 Å².